The molecular formula is C17H29IN4O3S. The van der Waals surface area contributed by atoms with Gasteiger partial charge in [0.25, 0.3) is 0 Å². The van der Waals surface area contributed by atoms with E-state index >= 15 is 0 Å². The van der Waals surface area contributed by atoms with Gasteiger partial charge in [0.2, 0.25) is 0 Å². The van der Waals surface area contributed by atoms with E-state index in [1.54, 1.807) is 7.11 Å². The van der Waals surface area contributed by atoms with E-state index < -0.39 is 9.84 Å². The predicted octanol–water partition coefficient (Wildman–Crippen LogP) is 1.45. The van der Waals surface area contributed by atoms with Crippen molar-refractivity contribution in [2.24, 2.45) is 4.99 Å². The molecule has 1 aliphatic rings. The maximum Gasteiger partial charge on any atom is 0.194 e. The maximum absolute atomic E-state index is 11.3. The number of aliphatic imine (C=N–C) groups is 1. The van der Waals surface area contributed by atoms with Crippen molar-refractivity contribution >= 4 is 45.5 Å². The van der Waals surface area contributed by atoms with E-state index in [4.69, 9.17) is 4.74 Å². The van der Waals surface area contributed by atoms with E-state index in [1.807, 2.05) is 19.1 Å². The first-order chi connectivity index (χ1) is 11.9. The first-order valence-electron chi connectivity index (χ1n) is 8.53. The molecule has 0 spiro atoms. The van der Waals surface area contributed by atoms with Gasteiger partial charge in [0, 0.05) is 44.7 Å². The van der Waals surface area contributed by atoms with Gasteiger partial charge in [-0.25, -0.2) is 8.42 Å². The van der Waals surface area contributed by atoms with E-state index in [0.717, 1.165) is 44.4 Å². The van der Waals surface area contributed by atoms with E-state index in [0.29, 0.717) is 6.54 Å². The summed E-state index contributed by atoms with van der Waals surface area (Å²) in [5.41, 5.74) is 1.18. The van der Waals surface area contributed by atoms with Crippen molar-refractivity contribution in [3.63, 3.8) is 0 Å². The number of benzene rings is 1. The molecule has 1 saturated heterocycles. The highest BCUT2D eigenvalue weighted by Crippen LogP contribution is 2.20. The topological polar surface area (TPSA) is 74.2 Å². The van der Waals surface area contributed by atoms with E-state index in [2.05, 4.69) is 32.2 Å². The summed E-state index contributed by atoms with van der Waals surface area (Å²) >= 11 is 0. The average molecular weight is 496 g/mol. The third-order valence-electron chi connectivity index (χ3n) is 4.08. The van der Waals surface area contributed by atoms with Crippen LogP contribution in [0.5, 0.6) is 5.75 Å². The molecule has 1 aromatic carbocycles. The second-order valence-corrected chi connectivity index (χ2v) is 8.30. The van der Waals surface area contributed by atoms with Crippen molar-refractivity contribution in [2.45, 2.75) is 6.92 Å². The Morgan fingerprint density at radius 2 is 1.81 bits per heavy atom. The Hall–Kier alpha value is -1.23. The van der Waals surface area contributed by atoms with Crippen molar-refractivity contribution in [3.8, 4) is 5.75 Å². The minimum Gasteiger partial charge on any atom is -0.497 e. The second-order valence-electron chi connectivity index (χ2n) is 6.04. The van der Waals surface area contributed by atoms with Crippen molar-refractivity contribution in [3.05, 3.63) is 24.3 Å². The molecule has 0 bridgehead atoms. The summed E-state index contributed by atoms with van der Waals surface area (Å²) in [5.74, 6) is 1.73. The molecular weight excluding hydrogens is 467 g/mol. The molecule has 1 aromatic rings. The molecule has 9 heteroatoms. The van der Waals surface area contributed by atoms with Crippen LogP contribution in [0.4, 0.5) is 5.69 Å². The number of anilines is 1. The summed E-state index contributed by atoms with van der Waals surface area (Å²) in [6.07, 6.45) is 1.24. The third kappa shape index (κ3) is 7.18. The summed E-state index contributed by atoms with van der Waals surface area (Å²) < 4.78 is 27.7. The van der Waals surface area contributed by atoms with Crippen LogP contribution in [0.3, 0.4) is 0 Å². The van der Waals surface area contributed by atoms with Gasteiger partial charge in [-0.15, -0.1) is 24.0 Å². The third-order valence-corrected chi connectivity index (χ3v) is 5.00. The summed E-state index contributed by atoms with van der Waals surface area (Å²) in [4.78, 5) is 8.98. The predicted molar refractivity (Wildman–Crippen MR) is 118 cm³/mol. The van der Waals surface area contributed by atoms with Crippen molar-refractivity contribution < 1.29 is 13.2 Å². The van der Waals surface area contributed by atoms with Crippen LogP contribution in [-0.2, 0) is 9.84 Å². The monoisotopic (exact) mass is 496 g/mol. The Labute approximate surface area is 173 Å². The Kier molecular flexibility index (Phi) is 9.48. The zero-order chi connectivity index (χ0) is 18.3. The highest BCUT2D eigenvalue weighted by Gasteiger charge is 2.20. The number of nitrogens with one attached hydrogen (secondary N) is 1. The smallest absolute Gasteiger partial charge is 0.194 e. The lowest BCUT2D eigenvalue weighted by atomic mass is 10.2. The van der Waals surface area contributed by atoms with Gasteiger partial charge < -0.3 is 19.9 Å². The Morgan fingerprint density at radius 1 is 1.19 bits per heavy atom. The SMILES string of the molecule is CCNC(=NCCS(C)(=O)=O)N1CCN(c2ccc(OC)cc2)CC1.I. The molecule has 1 N–H and O–H groups in total. The van der Waals surface area contributed by atoms with Gasteiger partial charge >= 0.3 is 0 Å². The van der Waals surface area contributed by atoms with Crippen LogP contribution in [0.1, 0.15) is 6.92 Å². The van der Waals surface area contributed by atoms with Crippen molar-refractivity contribution in [1.29, 1.82) is 0 Å². The lowest BCUT2D eigenvalue weighted by Crippen LogP contribution is -2.52. The fourth-order valence-corrected chi connectivity index (χ4v) is 3.14. The molecule has 2 rings (SSSR count). The van der Waals surface area contributed by atoms with Crippen LogP contribution < -0.4 is 15.0 Å². The largest absolute Gasteiger partial charge is 0.497 e. The van der Waals surface area contributed by atoms with Gasteiger partial charge in [-0.3, -0.25) is 4.99 Å². The Morgan fingerprint density at radius 3 is 2.31 bits per heavy atom. The lowest BCUT2D eigenvalue weighted by molar-refractivity contribution is 0.372. The standard InChI is InChI=1S/C17H28N4O3S.HI/c1-4-18-17(19-9-14-25(3,22)23)21-12-10-20(11-13-21)15-5-7-16(24-2)8-6-15;/h5-8H,4,9-14H2,1-3H3,(H,18,19);1H. The fraction of sp³-hybridized carbons (Fsp3) is 0.588. The van der Waals surface area contributed by atoms with Crippen molar-refractivity contribution in [1.82, 2.24) is 10.2 Å². The van der Waals surface area contributed by atoms with Gasteiger partial charge in [0.15, 0.2) is 5.96 Å². The summed E-state index contributed by atoms with van der Waals surface area (Å²) in [7, 11) is -1.32. The minimum absolute atomic E-state index is 0. The molecule has 0 atom stereocenters. The van der Waals surface area contributed by atoms with Crippen LogP contribution in [0, 0.1) is 0 Å². The van der Waals surface area contributed by atoms with E-state index in [1.165, 1.54) is 11.9 Å². The average Bonchev–Trinajstić information content (AvgIpc) is 2.60. The van der Waals surface area contributed by atoms with Gasteiger partial charge in [-0.05, 0) is 31.2 Å². The number of sulfone groups is 1. The molecule has 0 amide bonds. The number of piperazine rings is 1. The van der Waals surface area contributed by atoms with Crippen LogP contribution in [0.15, 0.2) is 29.3 Å². The minimum atomic E-state index is -2.99. The van der Waals surface area contributed by atoms with Crippen LogP contribution in [0.25, 0.3) is 0 Å². The number of halogens is 1. The lowest BCUT2D eigenvalue weighted by Gasteiger charge is -2.37. The van der Waals surface area contributed by atoms with Crippen LogP contribution in [0.2, 0.25) is 0 Å². The Balaban J connectivity index is 0.00000338. The molecule has 0 radical (unpaired) electrons. The summed E-state index contributed by atoms with van der Waals surface area (Å²) in [6, 6.07) is 8.08. The molecule has 148 valence electrons. The number of ether oxygens (including phenoxy) is 1. The molecule has 0 saturated carbocycles. The maximum atomic E-state index is 11.3. The normalized spacial score (nSPS) is 15.4. The van der Waals surface area contributed by atoms with Gasteiger partial charge in [-0.2, -0.15) is 0 Å². The quantitative estimate of drug-likeness (QED) is 0.365. The molecule has 1 aliphatic heterocycles. The van der Waals surface area contributed by atoms with Crippen LogP contribution in [-0.4, -0.2) is 77.7 Å². The zero-order valence-corrected chi connectivity index (χ0v) is 18.8. The number of hydrogen-bond donors (Lipinski definition) is 1. The first kappa shape index (κ1) is 22.8. The number of rotatable bonds is 6. The molecule has 0 aliphatic carbocycles. The highest BCUT2D eigenvalue weighted by atomic mass is 127. The zero-order valence-electron chi connectivity index (χ0n) is 15.6. The highest BCUT2D eigenvalue weighted by molar-refractivity contribution is 14.0. The number of methoxy groups -OCH3 is 1. The van der Waals surface area contributed by atoms with Gasteiger partial charge in [-0.1, -0.05) is 0 Å². The summed E-state index contributed by atoms with van der Waals surface area (Å²) in [5, 5.41) is 3.25. The van der Waals surface area contributed by atoms with Gasteiger partial charge in [0.05, 0.1) is 19.4 Å². The molecule has 1 fully saturated rings. The number of nitrogens with zero attached hydrogens (tertiary/aromatic N) is 3. The van der Waals surface area contributed by atoms with Gasteiger partial charge in [0.1, 0.15) is 15.6 Å². The van der Waals surface area contributed by atoms with E-state index in [-0.39, 0.29) is 29.7 Å². The van der Waals surface area contributed by atoms with Crippen molar-refractivity contribution in [2.75, 3.05) is 63.3 Å². The second kappa shape index (κ2) is 10.8. The molecule has 0 aromatic heterocycles. The molecule has 0 unspecified atom stereocenters. The molecule has 26 heavy (non-hydrogen) atoms. The summed E-state index contributed by atoms with van der Waals surface area (Å²) in [6.45, 7) is 6.54. The number of hydrogen-bond acceptors (Lipinski definition) is 5. The van der Waals surface area contributed by atoms with E-state index in [9.17, 15) is 8.42 Å². The first-order valence-corrected chi connectivity index (χ1v) is 10.6. The van der Waals surface area contributed by atoms with Crippen LogP contribution >= 0.6 is 24.0 Å². The molecule has 7 nitrogen and oxygen atoms in total. The molecule has 1 heterocycles. The Bertz CT molecular complexity index is 672. The fourth-order valence-electron chi connectivity index (χ4n) is 2.71. The number of guanidine groups is 1.